The van der Waals surface area contributed by atoms with Gasteiger partial charge < -0.3 is 19.4 Å². The summed E-state index contributed by atoms with van der Waals surface area (Å²) >= 11 is 6.89. The zero-order valence-electron chi connectivity index (χ0n) is 33.2. The predicted octanol–water partition coefficient (Wildman–Crippen LogP) is 10.1. The minimum Gasteiger partial charge on any atom is -0.487 e. The van der Waals surface area contributed by atoms with Crippen molar-refractivity contribution in [2.24, 2.45) is 0 Å². The summed E-state index contributed by atoms with van der Waals surface area (Å²) in [6, 6.07) is 8.39. The molecule has 0 saturated carbocycles. The number of hydrogen-bond donors (Lipinski definition) is 1. The summed E-state index contributed by atoms with van der Waals surface area (Å²) in [4.78, 5) is 11.4. The minimum atomic E-state index is -3.36. The fourth-order valence-electron chi connectivity index (χ4n) is 6.84. The van der Waals surface area contributed by atoms with Crippen LogP contribution in [-0.2, 0) is 16.4 Å². The Labute approximate surface area is 314 Å². The average molecular weight is 750 g/mol. The molecule has 0 aliphatic heterocycles. The van der Waals surface area contributed by atoms with Gasteiger partial charge in [-0.2, -0.15) is 0 Å². The van der Waals surface area contributed by atoms with E-state index < -0.39 is 26.4 Å². The lowest BCUT2D eigenvalue weighted by Gasteiger charge is -2.26. The molecule has 2 atom stereocenters. The highest BCUT2D eigenvalue weighted by molar-refractivity contribution is 7.92. The number of nitrogens with one attached hydrogen (secondary N) is 1. The second kappa shape index (κ2) is 15.2. The fourth-order valence-corrected chi connectivity index (χ4v) is 8.36. The molecule has 1 N–H and O–H groups in total. The Balaban J connectivity index is 1.50. The number of fused-ring (bicyclic) bond motifs is 1. The molecule has 2 heterocycles. The molecule has 5 aromatic rings. The van der Waals surface area contributed by atoms with Crippen molar-refractivity contribution in [2.45, 2.75) is 99.3 Å². The molecule has 5 rings (SSSR count). The summed E-state index contributed by atoms with van der Waals surface area (Å²) < 4.78 is 61.1. The van der Waals surface area contributed by atoms with Gasteiger partial charge in [-0.3, -0.25) is 0 Å². The van der Waals surface area contributed by atoms with Crippen molar-refractivity contribution >= 4 is 43.8 Å². The largest absolute Gasteiger partial charge is 0.487 e. The Hall–Kier alpha value is -3.99. The maximum absolute atomic E-state index is 14.2. The molecule has 0 aliphatic carbocycles. The first kappa shape index (κ1) is 37.8. The van der Waals surface area contributed by atoms with Crippen LogP contribution in [0.2, 0.25) is 6.43 Å². The van der Waals surface area contributed by atoms with Gasteiger partial charge in [-0.15, -0.1) is 0 Å². The molecule has 52 heavy (non-hydrogen) atoms. The quantitative estimate of drug-likeness (QED) is 0.135. The third-order valence-electron chi connectivity index (χ3n) is 10.3. The van der Waals surface area contributed by atoms with E-state index in [1.165, 1.54) is 17.4 Å². The highest BCUT2D eigenvalue weighted by Gasteiger charge is 2.27. The number of halogens is 2. The first-order valence-electron chi connectivity index (χ1n) is 18.0. The van der Waals surface area contributed by atoms with Crippen LogP contribution in [-0.4, -0.2) is 42.5 Å². The number of rotatable bonds is 12. The molecule has 0 radical (unpaired) electrons. The third kappa shape index (κ3) is 7.43. The topological polar surface area (TPSA) is 97.6 Å². The lowest BCUT2D eigenvalue weighted by molar-refractivity contribution is 0.302. The molecule has 0 amide bonds. The normalized spacial score (nSPS) is 13.6. The molecule has 0 spiro atoms. The molecule has 11 heteroatoms. The summed E-state index contributed by atoms with van der Waals surface area (Å²) in [6.07, 6.45) is 1.55. The molecule has 0 bridgehead atoms. The van der Waals surface area contributed by atoms with Gasteiger partial charge in [0.15, 0.2) is 9.84 Å². The average Bonchev–Trinajstić information content (AvgIpc) is 3.47. The number of benzene rings is 3. The lowest BCUT2D eigenvalue weighted by atomic mass is 9.95. The Morgan fingerprint density at radius 1 is 0.923 bits per heavy atom. The number of sulfone groups is 1. The van der Waals surface area contributed by atoms with Crippen molar-refractivity contribution in [3.63, 3.8) is 0 Å². The molecular formula is C41H50ClFN4O4S. The Morgan fingerprint density at radius 3 is 2.29 bits per heavy atom. The number of ether oxygens (including phenoxy) is 1. The van der Waals surface area contributed by atoms with Crippen LogP contribution in [0.4, 0.5) is 15.9 Å². The van der Waals surface area contributed by atoms with Crippen LogP contribution in [0.5, 0.6) is 5.75 Å². The van der Waals surface area contributed by atoms with Gasteiger partial charge in [-0.05, 0) is 151 Å². The predicted molar refractivity (Wildman–Crippen MR) is 211 cm³/mol. The van der Waals surface area contributed by atoms with Crippen LogP contribution >= 0.6 is 11.6 Å². The van der Waals surface area contributed by atoms with Crippen LogP contribution in [0, 0.1) is 54.3 Å². The van der Waals surface area contributed by atoms with Crippen molar-refractivity contribution in [1.82, 2.24) is 15.3 Å². The molecular weight excluding hydrogens is 699 g/mol. The van der Waals surface area contributed by atoms with E-state index in [0.29, 0.717) is 28.1 Å². The van der Waals surface area contributed by atoms with Crippen LogP contribution in [0.15, 0.2) is 41.1 Å². The van der Waals surface area contributed by atoms with Crippen molar-refractivity contribution in [3.05, 3.63) is 97.8 Å². The molecule has 278 valence electrons. The lowest BCUT2D eigenvalue weighted by Crippen LogP contribution is -2.36. The van der Waals surface area contributed by atoms with E-state index in [1.54, 1.807) is 27.1 Å². The summed E-state index contributed by atoms with van der Waals surface area (Å²) in [5.41, 5.74) is 9.70. The van der Waals surface area contributed by atoms with Crippen molar-refractivity contribution in [2.75, 3.05) is 18.5 Å². The van der Waals surface area contributed by atoms with Gasteiger partial charge in [-0.1, -0.05) is 11.6 Å². The van der Waals surface area contributed by atoms with Gasteiger partial charge >= 0.3 is 0 Å². The first-order chi connectivity index (χ1) is 24.8. The van der Waals surface area contributed by atoms with E-state index in [2.05, 4.69) is 4.98 Å². The monoisotopic (exact) mass is 749 g/mol. The SMILES string of the molecule is [2H]N(CC(C)S(=O)(=O)C(C)C)C(C)c1oc(-c2c(C)cc3ncnc(N(C)c4cc(Cl)c(OCc5cc(F)cc(C)c5C)c(C)c4C)c3c2C)cc1C. The van der Waals surface area contributed by atoms with E-state index in [4.69, 9.17) is 27.2 Å². The summed E-state index contributed by atoms with van der Waals surface area (Å²) in [6.45, 7) is 20.9. The fraction of sp³-hybridized carbons (Fsp3) is 0.415. The second-order valence-corrected chi connectivity index (χ2v) is 17.6. The van der Waals surface area contributed by atoms with Gasteiger partial charge in [0, 0.05) is 30.2 Å². The minimum absolute atomic E-state index is 0.0562. The smallest absolute Gasteiger partial charge is 0.156 e. The maximum atomic E-state index is 14.2. The van der Waals surface area contributed by atoms with Gasteiger partial charge in [0.2, 0.25) is 0 Å². The third-order valence-corrected chi connectivity index (χ3v) is 13.2. The maximum Gasteiger partial charge on any atom is 0.156 e. The van der Waals surface area contributed by atoms with Crippen molar-refractivity contribution in [1.29, 1.82) is 0 Å². The number of furan rings is 1. The zero-order valence-corrected chi connectivity index (χ0v) is 33.8. The first-order valence-corrected chi connectivity index (χ1v) is 19.5. The van der Waals surface area contributed by atoms with Crippen molar-refractivity contribution in [3.8, 4) is 17.1 Å². The molecule has 0 fully saturated rings. The standard InChI is InChI=1S/C41H50ClFN4O4S/c1-21(2)52(48,49)25(6)18-44-30(11)39-24(5)15-36(51-39)37-23(4)14-34-38(29(37)10)41(46-20-45-34)47(12)35-17-33(42)40(28(9)27(35)8)50-19-31-16-32(43)13-22(3)26(31)7/h13-17,20-21,25,30,44H,18-19H2,1-12H3/i/hD. The van der Waals surface area contributed by atoms with Crippen LogP contribution in [0.1, 0.15) is 84.0 Å². The summed E-state index contributed by atoms with van der Waals surface area (Å²) in [5.74, 6) is 2.18. The Morgan fingerprint density at radius 2 is 1.62 bits per heavy atom. The van der Waals surface area contributed by atoms with Gasteiger partial charge in [-0.25, -0.2) is 22.8 Å². The molecule has 2 unspecified atom stereocenters. The number of anilines is 2. The zero-order chi connectivity index (χ0) is 39.3. The Bertz CT molecular complexity index is 2310. The number of hydrogen-bond acceptors (Lipinski definition) is 8. The van der Waals surface area contributed by atoms with Gasteiger partial charge in [0.1, 0.15) is 43.3 Å². The Kier molecular flexibility index (Phi) is 11.0. The molecule has 0 saturated heterocycles. The van der Waals surface area contributed by atoms with E-state index in [0.717, 1.165) is 66.7 Å². The molecule has 0 aliphatic rings. The number of aryl methyl sites for hydroxylation is 4. The highest BCUT2D eigenvalue weighted by atomic mass is 35.5. The van der Waals surface area contributed by atoms with E-state index in [1.807, 2.05) is 85.5 Å². The molecule has 2 aromatic heterocycles. The number of nitrogens with zero attached hydrogens (tertiary/aromatic N) is 3. The van der Waals surface area contributed by atoms with Crippen LogP contribution in [0.25, 0.3) is 22.2 Å². The van der Waals surface area contributed by atoms with E-state index >= 15 is 0 Å². The van der Waals surface area contributed by atoms with Crippen LogP contribution in [0.3, 0.4) is 0 Å². The second-order valence-electron chi connectivity index (χ2n) is 14.2. The van der Waals surface area contributed by atoms with Crippen LogP contribution < -0.4 is 14.9 Å². The van der Waals surface area contributed by atoms with Gasteiger partial charge in [0.05, 0.1) is 27.1 Å². The highest BCUT2D eigenvalue weighted by Crippen LogP contribution is 2.43. The molecule has 3 aromatic carbocycles. The number of aromatic nitrogens is 2. The van der Waals surface area contributed by atoms with Gasteiger partial charge in [0.25, 0.3) is 0 Å². The summed E-state index contributed by atoms with van der Waals surface area (Å²) in [5, 5.41) is 1.35. The van der Waals surface area contributed by atoms with Crippen molar-refractivity contribution < 1.29 is 23.4 Å². The van der Waals surface area contributed by atoms with E-state index in [-0.39, 0.29) is 19.0 Å². The molecule has 8 nitrogen and oxygen atoms in total. The van der Waals surface area contributed by atoms with E-state index in [9.17, 15) is 12.8 Å². The summed E-state index contributed by atoms with van der Waals surface area (Å²) in [7, 11) is -1.42.